The average molecular weight is 392 g/mol. The molecule has 2 aromatic carbocycles. The van der Waals surface area contributed by atoms with Gasteiger partial charge in [0.25, 0.3) is 11.8 Å². The van der Waals surface area contributed by atoms with Crippen molar-refractivity contribution in [2.75, 3.05) is 19.2 Å². The summed E-state index contributed by atoms with van der Waals surface area (Å²) in [6.45, 7) is 2.49. The van der Waals surface area contributed by atoms with E-state index in [2.05, 4.69) is 5.32 Å². The first kappa shape index (κ1) is 18.6. The SMILES string of the molecule is Cc1ccc(C(=O)N(C)Cc2ccc3c(c2)OCO3)cc1NC(=O)c1ccco1. The molecule has 0 radical (unpaired) electrons. The Morgan fingerprint density at radius 1 is 1.07 bits per heavy atom. The first-order chi connectivity index (χ1) is 14.0. The van der Waals surface area contributed by atoms with Crippen LogP contribution in [0.5, 0.6) is 11.5 Å². The average Bonchev–Trinajstić information content (AvgIpc) is 3.40. The molecule has 1 aliphatic heterocycles. The van der Waals surface area contributed by atoms with Gasteiger partial charge in [-0.1, -0.05) is 12.1 Å². The molecule has 0 fully saturated rings. The zero-order valence-corrected chi connectivity index (χ0v) is 16.1. The Kier molecular flexibility index (Phi) is 4.95. The maximum absolute atomic E-state index is 12.9. The molecule has 2 amide bonds. The molecule has 7 nitrogen and oxygen atoms in total. The van der Waals surface area contributed by atoms with Crippen molar-refractivity contribution in [3.63, 3.8) is 0 Å². The molecular formula is C22H20N2O5. The van der Waals surface area contributed by atoms with Crippen LogP contribution in [-0.2, 0) is 6.54 Å². The number of hydrogen-bond acceptors (Lipinski definition) is 5. The molecule has 0 bridgehead atoms. The number of benzene rings is 2. The highest BCUT2D eigenvalue weighted by atomic mass is 16.7. The third-order valence-electron chi connectivity index (χ3n) is 4.68. The van der Waals surface area contributed by atoms with E-state index in [0.717, 1.165) is 11.1 Å². The van der Waals surface area contributed by atoms with Crippen LogP contribution in [0.25, 0.3) is 0 Å². The third kappa shape index (κ3) is 3.94. The predicted octanol–water partition coefficient (Wildman–Crippen LogP) is 3.84. The second-order valence-corrected chi connectivity index (χ2v) is 6.81. The highest BCUT2D eigenvalue weighted by Gasteiger charge is 2.18. The van der Waals surface area contributed by atoms with E-state index < -0.39 is 0 Å². The lowest BCUT2D eigenvalue weighted by Gasteiger charge is -2.18. The van der Waals surface area contributed by atoms with Gasteiger partial charge in [0.05, 0.1) is 6.26 Å². The minimum atomic E-state index is -0.364. The van der Waals surface area contributed by atoms with Gasteiger partial charge in [-0.05, 0) is 54.4 Å². The van der Waals surface area contributed by atoms with Crippen LogP contribution in [0, 0.1) is 6.92 Å². The molecule has 3 aromatic rings. The number of hydrogen-bond donors (Lipinski definition) is 1. The first-order valence-corrected chi connectivity index (χ1v) is 9.11. The Morgan fingerprint density at radius 2 is 1.90 bits per heavy atom. The standard InChI is InChI=1S/C22H20N2O5/c1-14-5-7-16(11-17(14)23-21(25)19-4-3-9-27-19)22(26)24(2)12-15-6-8-18-20(10-15)29-13-28-18/h3-11H,12-13H2,1-2H3,(H,23,25). The lowest BCUT2D eigenvalue weighted by Crippen LogP contribution is -2.26. The van der Waals surface area contributed by atoms with Crippen LogP contribution in [0.15, 0.2) is 59.2 Å². The summed E-state index contributed by atoms with van der Waals surface area (Å²) in [5, 5.41) is 2.79. The highest BCUT2D eigenvalue weighted by molar-refractivity contribution is 6.03. The fourth-order valence-corrected chi connectivity index (χ4v) is 3.09. The Morgan fingerprint density at radius 3 is 2.69 bits per heavy atom. The predicted molar refractivity (Wildman–Crippen MR) is 106 cm³/mol. The van der Waals surface area contributed by atoms with Crippen LogP contribution >= 0.6 is 0 Å². The van der Waals surface area contributed by atoms with Gasteiger partial charge in [-0.3, -0.25) is 9.59 Å². The van der Waals surface area contributed by atoms with E-state index in [-0.39, 0.29) is 24.4 Å². The number of nitrogens with one attached hydrogen (secondary N) is 1. The topological polar surface area (TPSA) is 81.0 Å². The van der Waals surface area contributed by atoms with Gasteiger partial charge in [0.1, 0.15) is 0 Å². The number of ether oxygens (including phenoxy) is 2. The second-order valence-electron chi connectivity index (χ2n) is 6.81. The van der Waals surface area contributed by atoms with Gasteiger partial charge in [0.15, 0.2) is 17.3 Å². The Labute approximate surface area is 167 Å². The maximum Gasteiger partial charge on any atom is 0.291 e. The van der Waals surface area contributed by atoms with Crippen molar-refractivity contribution in [3.05, 3.63) is 77.2 Å². The number of aryl methyl sites for hydroxylation is 1. The number of amides is 2. The number of nitrogens with zero attached hydrogens (tertiary/aromatic N) is 1. The number of furan rings is 1. The zero-order valence-electron chi connectivity index (χ0n) is 16.1. The zero-order chi connectivity index (χ0) is 20.4. The van der Waals surface area contributed by atoms with E-state index in [1.165, 1.54) is 6.26 Å². The van der Waals surface area contributed by atoms with Crippen LogP contribution in [0.2, 0.25) is 0 Å². The van der Waals surface area contributed by atoms with Crippen molar-refractivity contribution in [3.8, 4) is 11.5 Å². The summed E-state index contributed by atoms with van der Waals surface area (Å²) in [5.74, 6) is 1.08. The largest absolute Gasteiger partial charge is 0.459 e. The van der Waals surface area contributed by atoms with Crippen molar-refractivity contribution in [2.24, 2.45) is 0 Å². The molecule has 0 aliphatic carbocycles. The third-order valence-corrected chi connectivity index (χ3v) is 4.68. The minimum Gasteiger partial charge on any atom is -0.459 e. The summed E-state index contributed by atoms with van der Waals surface area (Å²) >= 11 is 0. The fourth-order valence-electron chi connectivity index (χ4n) is 3.09. The molecule has 1 N–H and O–H groups in total. The van der Waals surface area contributed by atoms with E-state index in [1.807, 2.05) is 25.1 Å². The number of anilines is 1. The molecule has 0 saturated heterocycles. The van der Waals surface area contributed by atoms with Crippen molar-refractivity contribution < 1.29 is 23.5 Å². The molecule has 1 aromatic heterocycles. The van der Waals surface area contributed by atoms with Crippen molar-refractivity contribution >= 4 is 17.5 Å². The smallest absolute Gasteiger partial charge is 0.291 e. The van der Waals surface area contributed by atoms with Crippen LogP contribution in [-0.4, -0.2) is 30.6 Å². The lowest BCUT2D eigenvalue weighted by molar-refractivity contribution is 0.0784. The summed E-state index contributed by atoms with van der Waals surface area (Å²) in [6, 6.07) is 14.1. The normalized spacial score (nSPS) is 11.9. The van der Waals surface area contributed by atoms with Gasteiger partial charge in [-0.15, -0.1) is 0 Å². The monoisotopic (exact) mass is 392 g/mol. The molecule has 29 heavy (non-hydrogen) atoms. The highest BCUT2D eigenvalue weighted by Crippen LogP contribution is 2.32. The second kappa shape index (κ2) is 7.71. The number of carbonyl (C=O) groups excluding carboxylic acids is 2. The lowest BCUT2D eigenvalue weighted by atomic mass is 10.1. The molecule has 7 heteroatoms. The Balaban J connectivity index is 1.48. The number of rotatable bonds is 5. The molecular weight excluding hydrogens is 372 g/mol. The van der Waals surface area contributed by atoms with Crippen molar-refractivity contribution in [1.82, 2.24) is 4.90 Å². The minimum absolute atomic E-state index is 0.156. The maximum atomic E-state index is 12.9. The summed E-state index contributed by atoms with van der Waals surface area (Å²) < 4.78 is 15.8. The van der Waals surface area contributed by atoms with Gasteiger partial charge in [-0.2, -0.15) is 0 Å². The fraction of sp³-hybridized carbons (Fsp3) is 0.182. The van der Waals surface area contributed by atoms with E-state index in [9.17, 15) is 9.59 Å². The summed E-state index contributed by atoms with van der Waals surface area (Å²) in [5.41, 5.74) is 2.82. The quantitative estimate of drug-likeness (QED) is 0.714. The molecule has 1 aliphatic rings. The van der Waals surface area contributed by atoms with Crippen molar-refractivity contribution in [2.45, 2.75) is 13.5 Å². The van der Waals surface area contributed by atoms with Gasteiger partial charge in [0.2, 0.25) is 6.79 Å². The van der Waals surface area contributed by atoms with E-state index in [1.54, 1.807) is 42.3 Å². The molecule has 2 heterocycles. The van der Waals surface area contributed by atoms with Crippen LogP contribution in [0.4, 0.5) is 5.69 Å². The molecule has 148 valence electrons. The van der Waals surface area contributed by atoms with Gasteiger partial charge < -0.3 is 24.1 Å². The Hall–Kier alpha value is -3.74. The van der Waals surface area contributed by atoms with Crippen LogP contribution in [0.1, 0.15) is 32.0 Å². The van der Waals surface area contributed by atoms with E-state index in [4.69, 9.17) is 13.9 Å². The van der Waals surface area contributed by atoms with Crippen LogP contribution in [0.3, 0.4) is 0 Å². The Bertz CT molecular complexity index is 1060. The number of fused-ring (bicyclic) bond motifs is 1. The van der Waals surface area contributed by atoms with Crippen molar-refractivity contribution in [1.29, 1.82) is 0 Å². The molecule has 0 unspecified atom stereocenters. The summed E-state index contributed by atoms with van der Waals surface area (Å²) in [6.07, 6.45) is 1.44. The molecule has 4 rings (SSSR count). The van der Waals surface area contributed by atoms with Gasteiger partial charge in [-0.25, -0.2) is 0 Å². The van der Waals surface area contributed by atoms with Gasteiger partial charge in [0, 0.05) is 24.8 Å². The summed E-state index contributed by atoms with van der Waals surface area (Å²) in [4.78, 5) is 26.8. The molecule has 0 spiro atoms. The first-order valence-electron chi connectivity index (χ1n) is 9.11. The number of carbonyl (C=O) groups is 2. The molecule has 0 saturated carbocycles. The summed E-state index contributed by atoms with van der Waals surface area (Å²) in [7, 11) is 1.73. The van der Waals surface area contributed by atoms with E-state index >= 15 is 0 Å². The van der Waals surface area contributed by atoms with Gasteiger partial charge >= 0.3 is 0 Å². The molecule has 0 atom stereocenters. The van der Waals surface area contributed by atoms with Crippen LogP contribution < -0.4 is 14.8 Å². The van der Waals surface area contributed by atoms with E-state index in [0.29, 0.717) is 29.3 Å².